The predicted molar refractivity (Wildman–Crippen MR) is 59.8 cm³/mol. The number of methoxy groups -OCH3 is 1. The SMILES string of the molecule is COCCN(C)S(=O)(=O)c1[nH]ncc1CCl. The first-order valence-electron chi connectivity index (χ1n) is 4.57. The lowest BCUT2D eigenvalue weighted by Crippen LogP contribution is -2.30. The molecule has 0 fully saturated rings. The molecular formula is C8H14ClN3O3S. The van der Waals surface area contributed by atoms with Gasteiger partial charge in [0.05, 0.1) is 18.7 Å². The fourth-order valence-electron chi connectivity index (χ4n) is 1.11. The topological polar surface area (TPSA) is 75.3 Å². The Morgan fingerprint density at radius 3 is 2.88 bits per heavy atom. The number of likely N-dealkylation sites (N-methyl/N-ethyl adjacent to an activating group) is 1. The highest BCUT2D eigenvalue weighted by Crippen LogP contribution is 2.17. The quantitative estimate of drug-likeness (QED) is 0.758. The molecule has 92 valence electrons. The van der Waals surface area contributed by atoms with E-state index in [0.717, 1.165) is 0 Å². The van der Waals surface area contributed by atoms with Crippen LogP contribution in [-0.4, -0.2) is 50.2 Å². The van der Waals surface area contributed by atoms with Gasteiger partial charge in [0.1, 0.15) is 0 Å². The van der Waals surface area contributed by atoms with Gasteiger partial charge in [0.15, 0.2) is 5.03 Å². The second kappa shape index (κ2) is 5.62. The second-order valence-corrected chi connectivity index (χ2v) is 5.43. The molecule has 0 saturated heterocycles. The minimum absolute atomic E-state index is 0.0427. The van der Waals surface area contributed by atoms with Crippen molar-refractivity contribution in [1.29, 1.82) is 0 Å². The molecule has 0 aromatic carbocycles. The molecule has 6 nitrogen and oxygen atoms in total. The van der Waals surface area contributed by atoms with Crippen LogP contribution >= 0.6 is 11.6 Å². The lowest BCUT2D eigenvalue weighted by molar-refractivity contribution is 0.185. The molecule has 16 heavy (non-hydrogen) atoms. The molecule has 1 aromatic rings. The van der Waals surface area contributed by atoms with Crippen molar-refractivity contribution in [2.45, 2.75) is 10.9 Å². The van der Waals surface area contributed by atoms with Crippen molar-refractivity contribution >= 4 is 21.6 Å². The molecule has 1 aromatic heterocycles. The summed E-state index contributed by atoms with van der Waals surface area (Å²) >= 11 is 5.62. The zero-order valence-corrected chi connectivity index (χ0v) is 10.7. The van der Waals surface area contributed by atoms with Gasteiger partial charge >= 0.3 is 0 Å². The first-order valence-corrected chi connectivity index (χ1v) is 6.55. The highest BCUT2D eigenvalue weighted by molar-refractivity contribution is 7.89. The van der Waals surface area contributed by atoms with Crippen molar-refractivity contribution < 1.29 is 13.2 Å². The van der Waals surface area contributed by atoms with E-state index in [1.807, 2.05) is 0 Å². The van der Waals surface area contributed by atoms with Crippen LogP contribution in [0.1, 0.15) is 5.56 Å². The van der Waals surface area contributed by atoms with Gasteiger partial charge in [-0.2, -0.15) is 9.40 Å². The molecule has 0 aliphatic carbocycles. The minimum atomic E-state index is -3.56. The first kappa shape index (κ1) is 13.4. The van der Waals surface area contributed by atoms with E-state index < -0.39 is 10.0 Å². The summed E-state index contributed by atoms with van der Waals surface area (Å²) in [5.41, 5.74) is 0.464. The van der Waals surface area contributed by atoms with E-state index in [0.29, 0.717) is 12.2 Å². The average molecular weight is 268 g/mol. The number of aromatic amines is 1. The van der Waals surface area contributed by atoms with E-state index >= 15 is 0 Å². The minimum Gasteiger partial charge on any atom is -0.383 e. The highest BCUT2D eigenvalue weighted by atomic mass is 35.5. The lowest BCUT2D eigenvalue weighted by atomic mass is 10.4. The maximum Gasteiger partial charge on any atom is 0.260 e. The summed E-state index contributed by atoms with van der Waals surface area (Å²) in [6.45, 7) is 0.611. The van der Waals surface area contributed by atoms with E-state index in [9.17, 15) is 8.42 Å². The van der Waals surface area contributed by atoms with Gasteiger partial charge < -0.3 is 4.74 Å². The summed E-state index contributed by atoms with van der Waals surface area (Å²) in [5.74, 6) is 0.100. The van der Waals surface area contributed by atoms with E-state index in [4.69, 9.17) is 16.3 Å². The summed E-state index contributed by atoms with van der Waals surface area (Å²) < 4.78 is 30.1. The molecule has 0 radical (unpaired) electrons. The Morgan fingerprint density at radius 1 is 1.62 bits per heavy atom. The van der Waals surface area contributed by atoms with Gasteiger partial charge in [0.2, 0.25) is 0 Å². The number of ether oxygens (including phenoxy) is 1. The van der Waals surface area contributed by atoms with Crippen molar-refractivity contribution in [2.24, 2.45) is 0 Å². The molecule has 8 heteroatoms. The molecule has 0 atom stereocenters. The van der Waals surface area contributed by atoms with Gasteiger partial charge in [-0.15, -0.1) is 11.6 Å². The normalized spacial score (nSPS) is 12.2. The maximum atomic E-state index is 12.0. The summed E-state index contributed by atoms with van der Waals surface area (Å²) in [6, 6.07) is 0. The van der Waals surface area contributed by atoms with Crippen molar-refractivity contribution in [3.8, 4) is 0 Å². The molecule has 0 saturated carbocycles. The molecule has 1 N–H and O–H groups in total. The van der Waals surface area contributed by atoms with Crippen LogP contribution in [0.2, 0.25) is 0 Å². The van der Waals surface area contributed by atoms with Crippen LogP contribution in [0.25, 0.3) is 0 Å². The van der Waals surface area contributed by atoms with Gasteiger partial charge in [0.25, 0.3) is 10.0 Å². The molecule has 1 rings (SSSR count). The van der Waals surface area contributed by atoms with Crippen LogP contribution in [0.15, 0.2) is 11.2 Å². The molecule has 0 amide bonds. The fraction of sp³-hybridized carbons (Fsp3) is 0.625. The Hall–Kier alpha value is -0.630. The molecule has 0 aliphatic heterocycles. The number of alkyl halides is 1. The third-order valence-corrected chi connectivity index (χ3v) is 4.26. The Bertz CT molecular complexity index is 431. The molecule has 0 aliphatic rings. The molecule has 0 spiro atoms. The Balaban J connectivity index is 2.93. The molecule has 0 bridgehead atoms. The van der Waals surface area contributed by atoms with Gasteiger partial charge in [0, 0.05) is 26.3 Å². The Labute approximate surface area is 99.6 Å². The smallest absolute Gasteiger partial charge is 0.260 e. The molecule has 1 heterocycles. The highest BCUT2D eigenvalue weighted by Gasteiger charge is 2.25. The predicted octanol–water partition coefficient (Wildman–Crippen LogP) is 0.415. The Kier molecular flexibility index (Phi) is 4.72. The van der Waals surface area contributed by atoms with Crippen molar-refractivity contribution in [3.05, 3.63) is 11.8 Å². The number of H-pyrrole nitrogens is 1. The third kappa shape index (κ3) is 2.73. The lowest BCUT2D eigenvalue weighted by Gasteiger charge is -2.15. The first-order chi connectivity index (χ1) is 7.54. The fourth-order valence-corrected chi connectivity index (χ4v) is 2.65. The summed E-state index contributed by atoms with van der Waals surface area (Å²) in [7, 11) is -0.566. The van der Waals surface area contributed by atoms with Crippen LogP contribution in [0.3, 0.4) is 0 Å². The van der Waals surface area contributed by atoms with E-state index in [2.05, 4.69) is 10.2 Å². The van der Waals surface area contributed by atoms with Gasteiger partial charge in [-0.1, -0.05) is 0 Å². The summed E-state index contributed by atoms with van der Waals surface area (Å²) in [6.07, 6.45) is 1.41. The zero-order chi connectivity index (χ0) is 12.2. The second-order valence-electron chi connectivity index (χ2n) is 3.18. The van der Waals surface area contributed by atoms with Crippen molar-refractivity contribution in [3.63, 3.8) is 0 Å². The van der Waals surface area contributed by atoms with Gasteiger partial charge in [-0.05, 0) is 0 Å². The largest absolute Gasteiger partial charge is 0.383 e. The van der Waals surface area contributed by atoms with Gasteiger partial charge in [-0.25, -0.2) is 8.42 Å². The van der Waals surface area contributed by atoms with Crippen LogP contribution in [0, 0.1) is 0 Å². The van der Waals surface area contributed by atoms with Crippen LogP contribution < -0.4 is 0 Å². The van der Waals surface area contributed by atoms with Gasteiger partial charge in [-0.3, -0.25) is 5.10 Å². The number of nitrogens with zero attached hydrogens (tertiary/aromatic N) is 2. The third-order valence-electron chi connectivity index (χ3n) is 2.10. The molecular weight excluding hydrogens is 254 g/mol. The van der Waals surface area contributed by atoms with E-state index in [1.165, 1.54) is 24.7 Å². The monoisotopic (exact) mass is 267 g/mol. The molecule has 0 unspecified atom stereocenters. The number of hydrogen-bond donors (Lipinski definition) is 1. The van der Waals surface area contributed by atoms with Crippen molar-refractivity contribution in [2.75, 3.05) is 27.3 Å². The van der Waals surface area contributed by atoms with E-state index in [-0.39, 0.29) is 17.5 Å². The number of hydrogen-bond acceptors (Lipinski definition) is 4. The Morgan fingerprint density at radius 2 is 2.31 bits per heavy atom. The summed E-state index contributed by atoms with van der Waals surface area (Å²) in [5, 5.41) is 6.17. The van der Waals surface area contributed by atoms with Crippen LogP contribution in [0.5, 0.6) is 0 Å². The number of sulfonamides is 1. The number of aromatic nitrogens is 2. The summed E-state index contributed by atoms with van der Waals surface area (Å²) in [4.78, 5) is 0. The van der Waals surface area contributed by atoms with Crippen molar-refractivity contribution in [1.82, 2.24) is 14.5 Å². The van der Waals surface area contributed by atoms with Crippen LogP contribution in [0.4, 0.5) is 0 Å². The maximum absolute atomic E-state index is 12.0. The zero-order valence-electron chi connectivity index (χ0n) is 9.10. The van der Waals surface area contributed by atoms with Crippen LogP contribution in [-0.2, 0) is 20.6 Å². The number of halogens is 1. The van der Waals surface area contributed by atoms with E-state index in [1.54, 1.807) is 0 Å². The number of rotatable bonds is 6. The number of nitrogens with one attached hydrogen (secondary N) is 1. The standard InChI is InChI=1S/C8H14ClN3O3S/c1-12(3-4-15-2)16(13,14)8-7(5-9)6-10-11-8/h6H,3-5H2,1-2H3,(H,10,11). The average Bonchev–Trinajstić information content (AvgIpc) is 2.74.